The summed E-state index contributed by atoms with van der Waals surface area (Å²) in [6, 6.07) is 7.07. The minimum atomic E-state index is -0.972. The third-order valence-corrected chi connectivity index (χ3v) is 3.30. The predicted molar refractivity (Wildman–Crippen MR) is 72.4 cm³/mol. The van der Waals surface area contributed by atoms with E-state index in [-0.39, 0.29) is 5.91 Å². The number of carbonyl (C=O) groups excluding carboxylic acids is 1. The molecule has 0 fully saturated rings. The monoisotopic (exact) mass is 265 g/mol. The number of methoxy groups -OCH3 is 1. The Hall–Kier alpha value is -2.04. The van der Waals surface area contributed by atoms with E-state index in [9.17, 15) is 9.59 Å². The minimum Gasteiger partial charge on any atom is -0.497 e. The van der Waals surface area contributed by atoms with Crippen LogP contribution in [-0.2, 0) is 9.59 Å². The maximum Gasteiger partial charge on any atom is 0.307 e. The van der Waals surface area contributed by atoms with Crippen LogP contribution in [0.4, 0.5) is 5.69 Å². The highest BCUT2D eigenvalue weighted by Crippen LogP contribution is 2.23. The van der Waals surface area contributed by atoms with Gasteiger partial charge in [-0.05, 0) is 12.1 Å². The SMILES string of the molecule is COc1cccc(N(C)C(=O)C(C)C(C)C(=O)O)c1. The Bertz CT molecular complexity index is 472. The lowest BCUT2D eigenvalue weighted by atomic mass is 9.94. The van der Waals surface area contributed by atoms with Gasteiger partial charge < -0.3 is 14.7 Å². The normalized spacial score (nSPS) is 13.5. The molecule has 0 spiro atoms. The molecule has 104 valence electrons. The molecule has 0 aromatic heterocycles. The minimum absolute atomic E-state index is 0.233. The van der Waals surface area contributed by atoms with Gasteiger partial charge in [-0.1, -0.05) is 19.9 Å². The lowest BCUT2D eigenvalue weighted by molar-refractivity contribution is -0.145. The Morgan fingerprint density at radius 1 is 1.26 bits per heavy atom. The average molecular weight is 265 g/mol. The highest BCUT2D eigenvalue weighted by Gasteiger charge is 2.28. The smallest absolute Gasteiger partial charge is 0.307 e. The van der Waals surface area contributed by atoms with Gasteiger partial charge in [0.05, 0.1) is 13.0 Å². The van der Waals surface area contributed by atoms with Crippen molar-refractivity contribution in [2.75, 3.05) is 19.1 Å². The number of aliphatic carboxylic acids is 1. The van der Waals surface area contributed by atoms with Gasteiger partial charge in [0.15, 0.2) is 0 Å². The lowest BCUT2D eigenvalue weighted by Gasteiger charge is -2.23. The summed E-state index contributed by atoms with van der Waals surface area (Å²) < 4.78 is 5.10. The van der Waals surface area contributed by atoms with Crippen LogP contribution < -0.4 is 9.64 Å². The van der Waals surface area contributed by atoms with E-state index >= 15 is 0 Å². The van der Waals surface area contributed by atoms with Crippen molar-refractivity contribution in [2.24, 2.45) is 11.8 Å². The van der Waals surface area contributed by atoms with Crippen molar-refractivity contribution in [1.82, 2.24) is 0 Å². The van der Waals surface area contributed by atoms with Crippen molar-refractivity contribution in [1.29, 1.82) is 0 Å². The summed E-state index contributed by atoms with van der Waals surface area (Å²) in [5.41, 5.74) is 0.675. The van der Waals surface area contributed by atoms with Gasteiger partial charge in [-0.3, -0.25) is 9.59 Å². The lowest BCUT2D eigenvalue weighted by Crippen LogP contribution is -2.36. The quantitative estimate of drug-likeness (QED) is 0.884. The van der Waals surface area contributed by atoms with Crippen LogP contribution >= 0.6 is 0 Å². The molecule has 0 aliphatic carbocycles. The first kappa shape index (κ1) is 15.0. The molecule has 0 aliphatic heterocycles. The van der Waals surface area contributed by atoms with Crippen LogP contribution in [-0.4, -0.2) is 31.1 Å². The summed E-state index contributed by atoms with van der Waals surface area (Å²) >= 11 is 0. The molecule has 5 heteroatoms. The van der Waals surface area contributed by atoms with Gasteiger partial charge in [0.1, 0.15) is 5.75 Å². The predicted octanol–water partition coefficient (Wildman–Crippen LogP) is 2.01. The third-order valence-electron chi connectivity index (χ3n) is 3.30. The second-order valence-corrected chi connectivity index (χ2v) is 4.51. The zero-order valence-corrected chi connectivity index (χ0v) is 11.6. The van der Waals surface area contributed by atoms with Crippen LogP contribution in [0.25, 0.3) is 0 Å². The summed E-state index contributed by atoms with van der Waals surface area (Å²) in [6.07, 6.45) is 0. The molecule has 1 aromatic carbocycles. The summed E-state index contributed by atoms with van der Waals surface area (Å²) in [5.74, 6) is -1.87. The van der Waals surface area contributed by atoms with E-state index < -0.39 is 17.8 Å². The van der Waals surface area contributed by atoms with Crippen LogP contribution in [0.3, 0.4) is 0 Å². The summed E-state index contributed by atoms with van der Waals surface area (Å²) in [5, 5.41) is 8.95. The molecule has 1 amide bonds. The van der Waals surface area contributed by atoms with Crippen molar-refractivity contribution >= 4 is 17.6 Å². The van der Waals surface area contributed by atoms with Crippen molar-refractivity contribution in [3.63, 3.8) is 0 Å². The van der Waals surface area contributed by atoms with Gasteiger partial charge in [0, 0.05) is 24.7 Å². The highest BCUT2D eigenvalue weighted by atomic mass is 16.5. The van der Waals surface area contributed by atoms with Crippen LogP contribution in [0.5, 0.6) is 5.75 Å². The summed E-state index contributed by atoms with van der Waals surface area (Å²) in [6.45, 7) is 3.15. The molecule has 19 heavy (non-hydrogen) atoms. The van der Waals surface area contributed by atoms with Crippen molar-refractivity contribution < 1.29 is 19.4 Å². The molecule has 1 N–H and O–H groups in total. The number of carbonyl (C=O) groups is 2. The maximum atomic E-state index is 12.2. The number of ether oxygens (including phenoxy) is 1. The van der Waals surface area contributed by atoms with Crippen LogP contribution in [0.15, 0.2) is 24.3 Å². The van der Waals surface area contributed by atoms with Gasteiger partial charge in [-0.15, -0.1) is 0 Å². The van der Waals surface area contributed by atoms with Crippen molar-refractivity contribution in [3.8, 4) is 5.75 Å². The van der Waals surface area contributed by atoms with E-state index in [4.69, 9.17) is 9.84 Å². The molecular formula is C14H19NO4. The number of nitrogens with zero attached hydrogens (tertiary/aromatic N) is 1. The van der Waals surface area contributed by atoms with E-state index in [1.54, 1.807) is 45.3 Å². The highest BCUT2D eigenvalue weighted by molar-refractivity contribution is 5.96. The molecule has 1 aromatic rings. The molecule has 0 heterocycles. The van der Waals surface area contributed by atoms with Crippen molar-refractivity contribution in [2.45, 2.75) is 13.8 Å². The largest absolute Gasteiger partial charge is 0.497 e. The third kappa shape index (κ3) is 3.47. The van der Waals surface area contributed by atoms with Crippen LogP contribution in [0.2, 0.25) is 0 Å². The molecule has 0 bridgehead atoms. The summed E-state index contributed by atoms with van der Waals surface area (Å²) in [4.78, 5) is 24.6. The van der Waals surface area contributed by atoms with Crippen LogP contribution in [0.1, 0.15) is 13.8 Å². The van der Waals surface area contributed by atoms with Gasteiger partial charge in [-0.2, -0.15) is 0 Å². The summed E-state index contributed by atoms with van der Waals surface area (Å²) in [7, 11) is 3.18. The topological polar surface area (TPSA) is 66.8 Å². The Labute approximate surface area is 112 Å². The van der Waals surface area contributed by atoms with Crippen LogP contribution in [0, 0.1) is 11.8 Å². The number of hydrogen-bond donors (Lipinski definition) is 1. The molecule has 2 unspecified atom stereocenters. The van der Waals surface area contributed by atoms with Gasteiger partial charge >= 0.3 is 5.97 Å². The Balaban J connectivity index is 2.89. The fraction of sp³-hybridized carbons (Fsp3) is 0.429. The zero-order chi connectivity index (χ0) is 14.6. The van der Waals surface area contributed by atoms with Gasteiger partial charge in [0.2, 0.25) is 5.91 Å². The number of anilines is 1. The molecule has 0 radical (unpaired) electrons. The first-order valence-corrected chi connectivity index (χ1v) is 6.03. The molecule has 0 saturated carbocycles. The van der Waals surface area contributed by atoms with E-state index in [0.717, 1.165) is 0 Å². The number of carboxylic acids is 1. The molecule has 0 aliphatic rings. The fourth-order valence-electron chi connectivity index (χ4n) is 1.68. The molecule has 0 saturated heterocycles. The number of amides is 1. The van der Waals surface area contributed by atoms with Crippen molar-refractivity contribution in [3.05, 3.63) is 24.3 Å². The van der Waals surface area contributed by atoms with E-state index in [0.29, 0.717) is 11.4 Å². The molecule has 1 rings (SSSR count). The zero-order valence-electron chi connectivity index (χ0n) is 11.6. The second kappa shape index (κ2) is 6.22. The Kier molecular flexibility index (Phi) is 4.92. The molecule has 2 atom stereocenters. The van der Waals surface area contributed by atoms with E-state index in [1.165, 1.54) is 11.8 Å². The Morgan fingerprint density at radius 2 is 1.89 bits per heavy atom. The molecule has 5 nitrogen and oxygen atoms in total. The first-order valence-electron chi connectivity index (χ1n) is 6.03. The second-order valence-electron chi connectivity index (χ2n) is 4.51. The van der Waals surface area contributed by atoms with E-state index in [2.05, 4.69) is 0 Å². The number of rotatable bonds is 5. The van der Waals surface area contributed by atoms with Gasteiger partial charge in [0.25, 0.3) is 0 Å². The van der Waals surface area contributed by atoms with E-state index in [1.807, 2.05) is 0 Å². The Morgan fingerprint density at radius 3 is 2.42 bits per heavy atom. The standard InChI is InChI=1S/C14H19NO4/c1-9(10(2)14(17)18)13(16)15(3)11-6-5-7-12(8-11)19-4/h5-10H,1-4H3,(H,17,18). The first-order chi connectivity index (χ1) is 8.88. The van der Waals surface area contributed by atoms with Gasteiger partial charge in [-0.25, -0.2) is 0 Å². The fourth-order valence-corrected chi connectivity index (χ4v) is 1.68. The maximum absolute atomic E-state index is 12.2. The number of hydrogen-bond acceptors (Lipinski definition) is 3. The number of benzene rings is 1. The molecular weight excluding hydrogens is 246 g/mol. The number of carboxylic acid groups (broad SMARTS) is 1. The average Bonchev–Trinajstić information content (AvgIpc) is 2.43.